The standard InChI is InChI=1S/C30H46O7Si/c1-17-14-19-15-21(31-6)26(33-8)28(35-10)23(19)24-20(16-22(32-7)27(34-9)29(24)36-11)25(18(17)2)37-38(12,13)30(3,4)5/h15-18,25H,14H2,1-13H3/t17-,18-,25-/m0/s1. The van der Waals surface area contributed by atoms with Crippen molar-refractivity contribution in [3.63, 3.8) is 0 Å². The van der Waals surface area contributed by atoms with E-state index in [1.807, 2.05) is 6.07 Å². The first-order valence-electron chi connectivity index (χ1n) is 13.1. The zero-order valence-electron chi connectivity index (χ0n) is 25.5. The molecule has 3 rings (SSSR count). The van der Waals surface area contributed by atoms with Crippen molar-refractivity contribution < 1.29 is 32.8 Å². The number of ether oxygens (including phenoxy) is 6. The van der Waals surface area contributed by atoms with Gasteiger partial charge in [-0.1, -0.05) is 34.6 Å². The molecule has 38 heavy (non-hydrogen) atoms. The van der Waals surface area contributed by atoms with Gasteiger partial charge in [-0.2, -0.15) is 0 Å². The van der Waals surface area contributed by atoms with Gasteiger partial charge in [0.2, 0.25) is 11.5 Å². The molecular weight excluding hydrogens is 500 g/mol. The highest BCUT2D eigenvalue weighted by atomic mass is 28.4. The van der Waals surface area contributed by atoms with Gasteiger partial charge in [-0.15, -0.1) is 0 Å². The van der Waals surface area contributed by atoms with Crippen LogP contribution in [0.3, 0.4) is 0 Å². The first kappa shape index (κ1) is 30.0. The van der Waals surface area contributed by atoms with Gasteiger partial charge >= 0.3 is 0 Å². The Balaban J connectivity index is 2.56. The number of fused-ring (bicyclic) bond motifs is 3. The summed E-state index contributed by atoms with van der Waals surface area (Å²) in [6.45, 7) is 15.9. The molecule has 0 radical (unpaired) electrons. The minimum absolute atomic E-state index is 0.0331. The molecule has 7 nitrogen and oxygen atoms in total. The summed E-state index contributed by atoms with van der Waals surface area (Å²) in [6.07, 6.45) is 0.585. The van der Waals surface area contributed by atoms with Crippen LogP contribution in [0, 0.1) is 11.8 Å². The molecule has 2 aromatic carbocycles. The van der Waals surface area contributed by atoms with Crippen LogP contribution in [0.2, 0.25) is 18.1 Å². The Hall–Kier alpha value is -2.58. The van der Waals surface area contributed by atoms with Crippen LogP contribution in [-0.2, 0) is 10.8 Å². The van der Waals surface area contributed by atoms with Crippen LogP contribution in [-0.4, -0.2) is 51.0 Å². The van der Waals surface area contributed by atoms with Crippen LogP contribution >= 0.6 is 0 Å². The summed E-state index contributed by atoms with van der Waals surface area (Å²) >= 11 is 0. The smallest absolute Gasteiger partial charge is 0.203 e. The molecule has 8 heteroatoms. The van der Waals surface area contributed by atoms with Gasteiger partial charge in [0.15, 0.2) is 31.3 Å². The Morgan fingerprint density at radius 1 is 0.684 bits per heavy atom. The number of methoxy groups -OCH3 is 6. The summed E-state index contributed by atoms with van der Waals surface area (Å²) in [5.41, 5.74) is 3.81. The molecule has 0 amide bonds. The zero-order valence-corrected chi connectivity index (χ0v) is 26.5. The SMILES string of the molecule is COc1cc2c(c(OC)c1OC)-c1c(cc(OC)c(OC)c1OC)[C@@H](O[Si](C)(C)C(C)(C)C)[C@@H](C)[C@@H](C)C2. The van der Waals surface area contributed by atoms with Crippen LogP contribution in [0.15, 0.2) is 12.1 Å². The molecule has 1 aliphatic carbocycles. The molecule has 2 aromatic rings. The monoisotopic (exact) mass is 546 g/mol. The van der Waals surface area contributed by atoms with E-state index in [9.17, 15) is 0 Å². The fourth-order valence-corrected chi connectivity index (χ4v) is 6.41. The van der Waals surface area contributed by atoms with Gasteiger partial charge in [0.1, 0.15) is 0 Å². The lowest BCUT2D eigenvalue weighted by Gasteiger charge is -2.44. The molecule has 0 bridgehead atoms. The molecule has 0 aliphatic heterocycles. The molecule has 0 fully saturated rings. The predicted octanol–water partition coefficient (Wildman–Crippen LogP) is 7.30. The fourth-order valence-electron chi connectivity index (χ4n) is 5.08. The Labute approximate surface area is 229 Å². The maximum atomic E-state index is 7.24. The Kier molecular flexibility index (Phi) is 8.88. The van der Waals surface area contributed by atoms with Crippen molar-refractivity contribution in [2.24, 2.45) is 11.8 Å². The molecular formula is C30H46O7Si. The van der Waals surface area contributed by atoms with Crippen LogP contribution < -0.4 is 28.4 Å². The lowest BCUT2D eigenvalue weighted by atomic mass is 9.76. The number of rotatable bonds is 8. The van der Waals surface area contributed by atoms with Gasteiger partial charge < -0.3 is 32.8 Å². The van der Waals surface area contributed by atoms with E-state index in [4.69, 9.17) is 32.8 Å². The molecule has 0 N–H and O–H groups in total. The quantitative estimate of drug-likeness (QED) is 0.322. The molecule has 0 heterocycles. The second-order valence-electron chi connectivity index (χ2n) is 11.6. The maximum Gasteiger partial charge on any atom is 0.203 e. The largest absolute Gasteiger partial charge is 0.493 e. The third-order valence-electron chi connectivity index (χ3n) is 8.47. The second kappa shape index (κ2) is 11.3. The maximum absolute atomic E-state index is 7.24. The minimum atomic E-state index is -2.18. The van der Waals surface area contributed by atoms with Crippen LogP contribution in [0.1, 0.15) is 51.8 Å². The van der Waals surface area contributed by atoms with Crippen molar-refractivity contribution in [2.45, 2.75) is 65.3 Å². The third-order valence-corrected chi connectivity index (χ3v) is 12.9. The van der Waals surface area contributed by atoms with Gasteiger partial charge in [0.05, 0.1) is 48.8 Å². The predicted molar refractivity (Wildman–Crippen MR) is 154 cm³/mol. The van der Waals surface area contributed by atoms with E-state index in [0.29, 0.717) is 40.4 Å². The van der Waals surface area contributed by atoms with E-state index in [-0.39, 0.29) is 17.1 Å². The summed E-state index contributed by atoms with van der Waals surface area (Å²) < 4.78 is 42.6. The average Bonchev–Trinajstić information content (AvgIpc) is 2.87. The summed E-state index contributed by atoms with van der Waals surface area (Å²) in [5.74, 6) is 3.90. The van der Waals surface area contributed by atoms with Crippen LogP contribution in [0.5, 0.6) is 34.5 Å². The van der Waals surface area contributed by atoms with E-state index in [2.05, 4.69) is 53.8 Å². The summed E-state index contributed by atoms with van der Waals surface area (Å²) in [7, 11) is 7.65. The minimum Gasteiger partial charge on any atom is -0.493 e. The first-order chi connectivity index (χ1) is 17.8. The molecule has 0 unspecified atom stereocenters. The molecule has 212 valence electrons. The zero-order chi connectivity index (χ0) is 28.6. The summed E-state index contributed by atoms with van der Waals surface area (Å²) in [5, 5.41) is 0.0331. The van der Waals surface area contributed by atoms with Crippen LogP contribution in [0.25, 0.3) is 11.1 Å². The van der Waals surface area contributed by atoms with Crippen molar-refractivity contribution in [1.82, 2.24) is 0 Å². The normalized spacial score (nSPS) is 19.4. The molecule has 0 saturated carbocycles. The van der Waals surface area contributed by atoms with E-state index in [1.165, 1.54) is 0 Å². The summed E-state index contributed by atoms with van der Waals surface area (Å²) in [4.78, 5) is 0. The van der Waals surface area contributed by atoms with E-state index in [0.717, 1.165) is 28.7 Å². The summed E-state index contributed by atoms with van der Waals surface area (Å²) in [6, 6.07) is 4.10. The number of hydrogen-bond donors (Lipinski definition) is 0. The molecule has 3 atom stereocenters. The average molecular weight is 547 g/mol. The molecule has 0 saturated heterocycles. The van der Waals surface area contributed by atoms with Crippen molar-refractivity contribution in [1.29, 1.82) is 0 Å². The van der Waals surface area contributed by atoms with Gasteiger partial charge in [-0.05, 0) is 59.6 Å². The fraction of sp³-hybridized carbons (Fsp3) is 0.600. The van der Waals surface area contributed by atoms with E-state index < -0.39 is 8.32 Å². The topological polar surface area (TPSA) is 64.6 Å². The number of hydrogen-bond acceptors (Lipinski definition) is 7. The Bertz CT molecular complexity index is 1150. The molecule has 1 aliphatic rings. The van der Waals surface area contributed by atoms with Crippen LogP contribution in [0.4, 0.5) is 0 Å². The second-order valence-corrected chi connectivity index (χ2v) is 16.4. The lowest BCUT2D eigenvalue weighted by molar-refractivity contribution is 0.0952. The highest BCUT2D eigenvalue weighted by Crippen LogP contribution is 2.58. The third kappa shape index (κ3) is 5.05. The first-order valence-corrected chi connectivity index (χ1v) is 16.0. The van der Waals surface area contributed by atoms with E-state index in [1.54, 1.807) is 42.7 Å². The van der Waals surface area contributed by atoms with E-state index >= 15 is 0 Å². The number of benzene rings is 2. The van der Waals surface area contributed by atoms with Gasteiger partial charge in [-0.3, -0.25) is 0 Å². The van der Waals surface area contributed by atoms with Crippen molar-refractivity contribution in [3.05, 3.63) is 23.3 Å². The Morgan fingerprint density at radius 2 is 1.16 bits per heavy atom. The lowest BCUT2D eigenvalue weighted by Crippen LogP contribution is -2.43. The van der Waals surface area contributed by atoms with Crippen molar-refractivity contribution in [2.75, 3.05) is 42.7 Å². The highest BCUT2D eigenvalue weighted by molar-refractivity contribution is 6.74. The van der Waals surface area contributed by atoms with Gasteiger partial charge in [0, 0.05) is 11.1 Å². The van der Waals surface area contributed by atoms with Gasteiger partial charge in [0.25, 0.3) is 0 Å². The Morgan fingerprint density at radius 3 is 1.61 bits per heavy atom. The van der Waals surface area contributed by atoms with Crippen molar-refractivity contribution >= 4 is 8.32 Å². The molecule has 0 aromatic heterocycles. The molecule has 0 spiro atoms. The van der Waals surface area contributed by atoms with Crippen molar-refractivity contribution in [3.8, 4) is 45.6 Å². The van der Waals surface area contributed by atoms with Gasteiger partial charge in [-0.25, -0.2) is 0 Å². The highest BCUT2D eigenvalue weighted by Gasteiger charge is 2.44.